The molecule has 0 aliphatic heterocycles. The van der Waals surface area contributed by atoms with Gasteiger partial charge in [0, 0.05) is 17.7 Å². The van der Waals surface area contributed by atoms with Crippen LogP contribution in [-0.2, 0) is 42.8 Å². The molecule has 6 aromatic carbocycles. The molecular formula is C42H32F6O5. The Morgan fingerprint density at radius 3 is 1.49 bits per heavy atom. The van der Waals surface area contributed by atoms with Gasteiger partial charge in [-0.15, -0.1) is 0 Å². The molecule has 6 aromatic rings. The average molecular weight is 731 g/mol. The molecule has 0 unspecified atom stereocenters. The number of rotatable bonds is 3. The van der Waals surface area contributed by atoms with Gasteiger partial charge in [-0.2, -0.15) is 26.3 Å². The molecule has 0 fully saturated rings. The Morgan fingerprint density at radius 1 is 0.566 bits per heavy atom. The lowest BCUT2D eigenvalue weighted by molar-refractivity contribution is -0.138. The number of aryl methyl sites for hydroxylation is 4. The second-order valence-electron chi connectivity index (χ2n) is 13.0. The van der Waals surface area contributed by atoms with Gasteiger partial charge in [0.15, 0.2) is 0 Å². The van der Waals surface area contributed by atoms with E-state index in [-0.39, 0.29) is 22.3 Å². The standard InChI is InChI=1S/C22H17F3O3.C20H15F3O2/c1-12(26)28-20-9-14-4-3-13-5-7-16(27-2)11-18(13)21(14)17-8-6-15(10-19(17)20)22(23,24)25;1-25-14-6-4-11-2-3-12-8-18(24)17-9-13(20(21,22)23)5-7-15(17)19(12)16(11)10-14/h5-11H,3-4H2,1-2H3;4-10,24H,2-3H2,1H3. The zero-order valence-electron chi connectivity index (χ0n) is 28.8. The summed E-state index contributed by atoms with van der Waals surface area (Å²) in [6.45, 7) is 1.24. The smallest absolute Gasteiger partial charge is 0.416 e. The van der Waals surface area contributed by atoms with Crippen molar-refractivity contribution in [3.63, 3.8) is 0 Å². The molecule has 272 valence electrons. The first-order valence-corrected chi connectivity index (χ1v) is 16.7. The van der Waals surface area contributed by atoms with E-state index >= 15 is 0 Å². The van der Waals surface area contributed by atoms with Crippen LogP contribution in [0.25, 0.3) is 43.8 Å². The van der Waals surface area contributed by atoms with Gasteiger partial charge in [-0.3, -0.25) is 4.79 Å². The van der Waals surface area contributed by atoms with Crippen molar-refractivity contribution in [2.45, 2.75) is 45.0 Å². The van der Waals surface area contributed by atoms with Gasteiger partial charge in [0.25, 0.3) is 0 Å². The fourth-order valence-corrected chi connectivity index (χ4v) is 7.34. The first-order chi connectivity index (χ1) is 25.2. The van der Waals surface area contributed by atoms with Crippen LogP contribution in [0.4, 0.5) is 26.3 Å². The third kappa shape index (κ3) is 6.71. The van der Waals surface area contributed by atoms with Crippen LogP contribution in [0, 0.1) is 0 Å². The zero-order chi connectivity index (χ0) is 37.8. The molecule has 2 aliphatic rings. The highest BCUT2D eigenvalue weighted by molar-refractivity contribution is 6.05. The van der Waals surface area contributed by atoms with Gasteiger partial charge in [0.2, 0.25) is 0 Å². The molecule has 0 atom stereocenters. The van der Waals surface area contributed by atoms with Gasteiger partial charge in [-0.25, -0.2) is 0 Å². The van der Waals surface area contributed by atoms with E-state index < -0.39 is 29.4 Å². The van der Waals surface area contributed by atoms with Gasteiger partial charge in [-0.1, -0.05) is 24.3 Å². The maximum atomic E-state index is 13.3. The summed E-state index contributed by atoms with van der Waals surface area (Å²) in [5.74, 6) is 0.830. The molecule has 11 heteroatoms. The highest BCUT2D eigenvalue weighted by Gasteiger charge is 2.33. The summed E-state index contributed by atoms with van der Waals surface area (Å²) in [6.07, 6.45) is -5.88. The van der Waals surface area contributed by atoms with Crippen molar-refractivity contribution >= 4 is 27.5 Å². The minimum atomic E-state index is -4.49. The Balaban J connectivity index is 0.000000165. The van der Waals surface area contributed by atoms with Crippen LogP contribution < -0.4 is 14.2 Å². The molecular weight excluding hydrogens is 698 g/mol. The molecule has 0 bridgehead atoms. The Kier molecular flexibility index (Phi) is 9.00. The maximum Gasteiger partial charge on any atom is 0.416 e. The van der Waals surface area contributed by atoms with Gasteiger partial charge in [-0.05, 0) is 142 Å². The number of methoxy groups -OCH3 is 2. The predicted octanol–water partition coefficient (Wildman–Crippen LogP) is 10.9. The number of aromatic hydroxyl groups is 1. The van der Waals surface area contributed by atoms with Crippen LogP contribution in [0.2, 0.25) is 0 Å². The first-order valence-electron chi connectivity index (χ1n) is 16.7. The van der Waals surface area contributed by atoms with E-state index in [0.29, 0.717) is 28.7 Å². The summed E-state index contributed by atoms with van der Waals surface area (Å²) < 4.78 is 94.8. The van der Waals surface area contributed by atoms with Crippen molar-refractivity contribution in [3.8, 4) is 45.3 Å². The number of hydrogen-bond donors (Lipinski definition) is 1. The molecule has 0 spiro atoms. The van der Waals surface area contributed by atoms with Gasteiger partial charge in [0.05, 0.1) is 25.3 Å². The van der Waals surface area contributed by atoms with E-state index in [2.05, 4.69) is 0 Å². The predicted molar refractivity (Wildman–Crippen MR) is 190 cm³/mol. The van der Waals surface area contributed by atoms with Crippen molar-refractivity contribution < 1.29 is 50.5 Å². The van der Waals surface area contributed by atoms with Gasteiger partial charge < -0.3 is 19.3 Å². The van der Waals surface area contributed by atoms with Crippen LogP contribution in [0.1, 0.15) is 40.3 Å². The van der Waals surface area contributed by atoms with Crippen LogP contribution in [0.3, 0.4) is 0 Å². The third-order valence-corrected chi connectivity index (χ3v) is 9.79. The molecule has 53 heavy (non-hydrogen) atoms. The molecule has 8 rings (SSSR count). The Bertz CT molecular complexity index is 2430. The SMILES string of the molecule is COc1ccc2c(c1)-c1c(cc(O)c3cc(C(F)(F)F)ccc13)CC2.COc1ccc2c(c1)-c1c(cc(OC(C)=O)c3cc(C(F)(F)F)ccc13)CC2. The summed E-state index contributed by atoms with van der Waals surface area (Å²) in [4.78, 5) is 11.5. The summed E-state index contributed by atoms with van der Waals surface area (Å²) in [5, 5.41) is 12.0. The normalized spacial score (nSPS) is 13.2. The summed E-state index contributed by atoms with van der Waals surface area (Å²) in [6, 6.07) is 21.9. The summed E-state index contributed by atoms with van der Waals surface area (Å²) in [5.41, 5.74) is 6.17. The van der Waals surface area contributed by atoms with Crippen LogP contribution in [0.15, 0.2) is 84.9 Å². The topological polar surface area (TPSA) is 65.0 Å². The number of phenols is 1. The lowest BCUT2D eigenvalue weighted by Gasteiger charge is -2.24. The number of benzene rings is 6. The largest absolute Gasteiger partial charge is 0.507 e. The quantitative estimate of drug-likeness (QED) is 0.112. The molecule has 1 N–H and O–H groups in total. The molecule has 0 saturated carbocycles. The van der Waals surface area contributed by atoms with Gasteiger partial charge in [0.1, 0.15) is 23.0 Å². The summed E-state index contributed by atoms with van der Waals surface area (Å²) >= 11 is 0. The minimum absolute atomic E-state index is 0.119. The lowest BCUT2D eigenvalue weighted by atomic mass is 9.82. The number of halogens is 6. The number of carbonyl (C=O) groups excluding carboxylic acids is 1. The highest BCUT2D eigenvalue weighted by Crippen LogP contribution is 2.47. The molecule has 0 aromatic heterocycles. The zero-order valence-corrected chi connectivity index (χ0v) is 28.8. The number of esters is 1. The molecule has 0 amide bonds. The highest BCUT2D eigenvalue weighted by atomic mass is 19.4. The van der Waals surface area contributed by atoms with E-state index in [1.165, 1.54) is 19.1 Å². The second kappa shape index (κ2) is 13.4. The third-order valence-electron chi connectivity index (χ3n) is 9.79. The van der Waals surface area contributed by atoms with E-state index in [1.807, 2.05) is 36.4 Å². The fraction of sp³-hybridized carbons (Fsp3) is 0.214. The number of alkyl halides is 6. The number of phenolic OH excluding ortho intramolecular Hbond substituents is 1. The van der Waals surface area contributed by atoms with Crippen molar-refractivity contribution in [1.82, 2.24) is 0 Å². The number of ether oxygens (including phenoxy) is 3. The molecule has 0 saturated heterocycles. The van der Waals surface area contributed by atoms with Crippen LogP contribution in [-0.4, -0.2) is 25.3 Å². The van der Waals surface area contributed by atoms with Gasteiger partial charge >= 0.3 is 18.3 Å². The minimum Gasteiger partial charge on any atom is -0.507 e. The molecule has 0 heterocycles. The first kappa shape index (κ1) is 35.7. The molecule has 0 radical (unpaired) electrons. The van der Waals surface area contributed by atoms with Crippen LogP contribution in [0.5, 0.6) is 23.0 Å². The van der Waals surface area contributed by atoms with E-state index in [1.54, 1.807) is 26.4 Å². The lowest BCUT2D eigenvalue weighted by Crippen LogP contribution is -2.09. The van der Waals surface area contributed by atoms with E-state index in [4.69, 9.17) is 14.2 Å². The van der Waals surface area contributed by atoms with Crippen molar-refractivity contribution in [1.29, 1.82) is 0 Å². The number of fused-ring (bicyclic) bond motifs is 10. The van der Waals surface area contributed by atoms with Crippen molar-refractivity contribution in [2.75, 3.05) is 14.2 Å². The molecule has 2 aliphatic carbocycles. The average Bonchev–Trinajstić information content (AvgIpc) is 3.13. The number of hydrogen-bond acceptors (Lipinski definition) is 5. The van der Waals surface area contributed by atoms with E-state index in [0.717, 1.165) is 88.0 Å². The Morgan fingerprint density at radius 2 is 1.02 bits per heavy atom. The van der Waals surface area contributed by atoms with Crippen molar-refractivity contribution in [2.24, 2.45) is 0 Å². The Hall–Kier alpha value is -5.71. The Labute approximate surface area is 300 Å². The fourth-order valence-electron chi connectivity index (χ4n) is 7.34. The second-order valence-corrected chi connectivity index (χ2v) is 13.0. The van der Waals surface area contributed by atoms with Crippen molar-refractivity contribution in [3.05, 3.63) is 118 Å². The monoisotopic (exact) mass is 730 g/mol. The summed E-state index contributed by atoms with van der Waals surface area (Å²) in [7, 11) is 3.15. The van der Waals surface area contributed by atoms with E-state index in [9.17, 15) is 36.2 Å². The maximum absolute atomic E-state index is 13.3. The molecule has 5 nitrogen and oxygen atoms in total. The number of carbonyl (C=O) groups is 1. The van der Waals surface area contributed by atoms with Crippen LogP contribution >= 0.6 is 0 Å².